The van der Waals surface area contributed by atoms with E-state index in [0.29, 0.717) is 12.5 Å². The van der Waals surface area contributed by atoms with Crippen LogP contribution in [0.4, 0.5) is 19.0 Å². The first-order chi connectivity index (χ1) is 13.0. The molecule has 12 heteroatoms. The highest BCUT2D eigenvalue weighted by Crippen LogP contribution is 2.37. The van der Waals surface area contributed by atoms with Gasteiger partial charge in [0.15, 0.2) is 21.3 Å². The van der Waals surface area contributed by atoms with Crippen LogP contribution in [0.15, 0.2) is 23.2 Å². The summed E-state index contributed by atoms with van der Waals surface area (Å²) in [6.07, 6.45) is -1.04. The number of nitrogens with one attached hydrogen (secondary N) is 1. The van der Waals surface area contributed by atoms with Gasteiger partial charge in [0, 0.05) is 19.0 Å². The lowest BCUT2D eigenvalue weighted by atomic mass is 10.2. The number of halogens is 3. The Morgan fingerprint density at radius 3 is 2.50 bits per heavy atom. The number of pyridine rings is 1. The van der Waals surface area contributed by atoms with Gasteiger partial charge in [-0.1, -0.05) is 0 Å². The molecule has 0 unspecified atom stereocenters. The van der Waals surface area contributed by atoms with E-state index in [1.165, 1.54) is 12.1 Å². The fourth-order valence-corrected chi connectivity index (χ4v) is 3.08. The monoisotopic (exact) mass is 418 g/mol. The second-order valence-electron chi connectivity index (χ2n) is 6.42. The Balaban J connectivity index is 2.15. The van der Waals surface area contributed by atoms with Crippen molar-refractivity contribution in [3.05, 3.63) is 29.6 Å². The molecule has 0 bridgehead atoms. The highest BCUT2D eigenvalue weighted by molar-refractivity contribution is 7.90. The van der Waals surface area contributed by atoms with E-state index in [-0.39, 0.29) is 16.5 Å². The van der Waals surface area contributed by atoms with Gasteiger partial charge in [-0.3, -0.25) is 0 Å². The minimum Gasteiger partial charge on any atom is -0.465 e. The standard InChI is InChI=1S/C16H17F3N4O4S/c1-27-15(24)12-13(16(17,18)19)22-23(14(12)21-7-9-3-4-9)11-6-5-10(8-20-11)28(2,25)26/h5-6,8-9,21H,3-4,7H2,1-2H3. The first-order valence-corrected chi connectivity index (χ1v) is 10.1. The zero-order chi connectivity index (χ0) is 20.7. The minimum atomic E-state index is -4.91. The Morgan fingerprint density at radius 2 is 2.04 bits per heavy atom. The zero-order valence-corrected chi connectivity index (χ0v) is 15.8. The molecule has 0 saturated heterocycles. The maximum absolute atomic E-state index is 13.5. The second-order valence-corrected chi connectivity index (χ2v) is 8.44. The summed E-state index contributed by atoms with van der Waals surface area (Å²) in [5, 5.41) is 6.36. The number of ether oxygens (including phenoxy) is 1. The van der Waals surface area contributed by atoms with Gasteiger partial charge in [-0.05, 0) is 30.9 Å². The van der Waals surface area contributed by atoms with Crippen LogP contribution in [0, 0.1) is 5.92 Å². The predicted octanol–water partition coefficient (Wildman–Crippen LogP) is 2.30. The van der Waals surface area contributed by atoms with E-state index in [2.05, 4.69) is 20.1 Å². The molecule has 0 aliphatic heterocycles. The molecule has 0 aromatic carbocycles. The summed E-state index contributed by atoms with van der Waals surface area (Å²) in [6, 6.07) is 2.42. The Bertz CT molecular complexity index is 996. The van der Waals surface area contributed by atoms with E-state index in [0.717, 1.165) is 37.1 Å². The molecule has 0 atom stereocenters. The van der Waals surface area contributed by atoms with Crippen molar-refractivity contribution < 1.29 is 31.1 Å². The van der Waals surface area contributed by atoms with Crippen LogP contribution in [-0.2, 0) is 20.8 Å². The Morgan fingerprint density at radius 1 is 1.36 bits per heavy atom. The fourth-order valence-electron chi connectivity index (χ4n) is 2.52. The number of hydrogen-bond donors (Lipinski definition) is 1. The molecule has 0 amide bonds. The molecule has 8 nitrogen and oxygen atoms in total. The van der Waals surface area contributed by atoms with Gasteiger partial charge in [0.1, 0.15) is 11.4 Å². The van der Waals surface area contributed by atoms with Crippen molar-refractivity contribution in [2.75, 3.05) is 25.2 Å². The number of methoxy groups -OCH3 is 1. The maximum atomic E-state index is 13.5. The molecule has 1 fully saturated rings. The molecule has 2 aromatic rings. The average molecular weight is 418 g/mol. The summed E-state index contributed by atoms with van der Waals surface area (Å²) >= 11 is 0. The molecule has 1 saturated carbocycles. The molecule has 1 aliphatic carbocycles. The number of carbonyl (C=O) groups is 1. The normalized spacial score (nSPS) is 14.8. The molecule has 3 rings (SSSR count). The lowest BCUT2D eigenvalue weighted by molar-refractivity contribution is -0.141. The van der Waals surface area contributed by atoms with Gasteiger partial charge in [-0.15, -0.1) is 0 Å². The summed E-state index contributed by atoms with van der Waals surface area (Å²) in [4.78, 5) is 15.9. The summed E-state index contributed by atoms with van der Waals surface area (Å²) in [5.41, 5.74) is -2.16. The largest absolute Gasteiger partial charge is 0.465 e. The van der Waals surface area contributed by atoms with Crippen molar-refractivity contribution >= 4 is 21.6 Å². The van der Waals surface area contributed by atoms with Crippen LogP contribution in [0.5, 0.6) is 0 Å². The van der Waals surface area contributed by atoms with Gasteiger partial charge in [0.05, 0.1) is 12.0 Å². The first-order valence-electron chi connectivity index (χ1n) is 8.21. The van der Waals surface area contributed by atoms with Crippen molar-refractivity contribution in [3.8, 4) is 5.82 Å². The van der Waals surface area contributed by atoms with Gasteiger partial charge in [0.25, 0.3) is 0 Å². The van der Waals surface area contributed by atoms with Crippen molar-refractivity contribution in [2.24, 2.45) is 5.92 Å². The van der Waals surface area contributed by atoms with Gasteiger partial charge < -0.3 is 10.1 Å². The Labute approximate surface area is 158 Å². The SMILES string of the molecule is COC(=O)c1c(C(F)(F)F)nn(-c2ccc(S(C)(=O)=O)cn2)c1NCC1CC1. The van der Waals surface area contributed by atoms with Gasteiger partial charge >= 0.3 is 12.1 Å². The molecule has 0 spiro atoms. The molecule has 152 valence electrons. The maximum Gasteiger partial charge on any atom is 0.436 e. The van der Waals surface area contributed by atoms with Crippen LogP contribution in [0.25, 0.3) is 5.82 Å². The number of carbonyl (C=O) groups excluding carboxylic acids is 1. The molecule has 28 heavy (non-hydrogen) atoms. The number of anilines is 1. The van der Waals surface area contributed by atoms with Crippen molar-refractivity contribution in [1.82, 2.24) is 14.8 Å². The smallest absolute Gasteiger partial charge is 0.436 e. The fraction of sp³-hybridized carbons (Fsp3) is 0.438. The summed E-state index contributed by atoms with van der Waals surface area (Å²) in [7, 11) is -2.55. The predicted molar refractivity (Wildman–Crippen MR) is 92.0 cm³/mol. The van der Waals surface area contributed by atoms with E-state index < -0.39 is 33.2 Å². The van der Waals surface area contributed by atoms with Gasteiger partial charge in [0.2, 0.25) is 0 Å². The van der Waals surface area contributed by atoms with E-state index in [1.807, 2.05) is 0 Å². The molecular weight excluding hydrogens is 401 g/mol. The Hall–Kier alpha value is -2.63. The van der Waals surface area contributed by atoms with E-state index >= 15 is 0 Å². The number of hydrogen-bond acceptors (Lipinski definition) is 7. The molecule has 2 aromatic heterocycles. The third-order valence-corrected chi connectivity index (χ3v) is 5.26. The van der Waals surface area contributed by atoms with Crippen LogP contribution >= 0.6 is 0 Å². The number of esters is 1. The van der Waals surface area contributed by atoms with Crippen LogP contribution < -0.4 is 5.32 Å². The van der Waals surface area contributed by atoms with E-state index in [4.69, 9.17) is 0 Å². The van der Waals surface area contributed by atoms with Crippen LogP contribution in [-0.4, -0.2) is 49.1 Å². The number of aromatic nitrogens is 3. The van der Waals surface area contributed by atoms with Crippen molar-refractivity contribution in [1.29, 1.82) is 0 Å². The van der Waals surface area contributed by atoms with Crippen LogP contribution in [0.2, 0.25) is 0 Å². The first kappa shape index (κ1) is 20.1. The summed E-state index contributed by atoms with van der Waals surface area (Å²) < 4.78 is 68.9. The highest BCUT2D eigenvalue weighted by Gasteiger charge is 2.43. The van der Waals surface area contributed by atoms with Gasteiger partial charge in [-0.2, -0.15) is 23.0 Å². The summed E-state index contributed by atoms with van der Waals surface area (Å²) in [6.45, 7) is 0.356. The third-order valence-electron chi connectivity index (χ3n) is 4.16. The molecule has 1 N–H and O–H groups in total. The topological polar surface area (TPSA) is 103 Å². The lowest BCUT2D eigenvalue weighted by Crippen LogP contribution is -2.15. The lowest BCUT2D eigenvalue weighted by Gasteiger charge is -2.11. The van der Waals surface area contributed by atoms with E-state index in [9.17, 15) is 26.4 Å². The number of nitrogens with zero attached hydrogens (tertiary/aromatic N) is 3. The Kier molecular flexibility index (Phi) is 5.08. The minimum absolute atomic E-state index is 0.0775. The van der Waals surface area contributed by atoms with Crippen LogP contribution in [0.1, 0.15) is 28.9 Å². The molecule has 1 aliphatic rings. The highest BCUT2D eigenvalue weighted by atomic mass is 32.2. The third kappa shape index (κ3) is 4.11. The quantitative estimate of drug-likeness (QED) is 0.718. The second kappa shape index (κ2) is 7.08. The summed E-state index contributed by atoms with van der Waals surface area (Å²) in [5.74, 6) is -1.18. The van der Waals surface area contributed by atoms with Crippen molar-refractivity contribution in [3.63, 3.8) is 0 Å². The molecule has 2 heterocycles. The number of sulfone groups is 1. The number of alkyl halides is 3. The molecule has 0 radical (unpaired) electrons. The van der Waals surface area contributed by atoms with E-state index in [1.54, 1.807) is 0 Å². The van der Waals surface area contributed by atoms with Crippen molar-refractivity contribution in [2.45, 2.75) is 23.9 Å². The zero-order valence-electron chi connectivity index (χ0n) is 14.9. The average Bonchev–Trinajstić information content (AvgIpc) is 3.36. The van der Waals surface area contributed by atoms with Gasteiger partial charge in [-0.25, -0.2) is 18.2 Å². The number of rotatable bonds is 6. The molecular formula is C16H17F3N4O4S. The van der Waals surface area contributed by atoms with Crippen LogP contribution in [0.3, 0.4) is 0 Å².